The first kappa shape index (κ1) is 15.0. The van der Waals surface area contributed by atoms with Crippen LogP contribution in [0.25, 0.3) is 0 Å². The molecule has 2 aromatic rings. The largest absolute Gasteiger partial charge is 0.422 e. The molecular formula is C17H20N2O2. The van der Waals surface area contributed by atoms with E-state index in [4.69, 9.17) is 4.74 Å². The van der Waals surface area contributed by atoms with Crippen molar-refractivity contribution in [1.82, 2.24) is 4.98 Å². The van der Waals surface area contributed by atoms with E-state index in [9.17, 15) is 4.79 Å². The van der Waals surface area contributed by atoms with E-state index in [-0.39, 0.29) is 6.04 Å². The molecule has 4 nitrogen and oxygen atoms in total. The highest BCUT2D eigenvalue weighted by Gasteiger charge is 2.13. The zero-order valence-corrected chi connectivity index (χ0v) is 12.6. The Morgan fingerprint density at radius 3 is 2.67 bits per heavy atom. The normalized spacial score (nSPS) is 10.5. The second kappa shape index (κ2) is 6.88. The van der Waals surface area contributed by atoms with E-state index in [0.717, 1.165) is 12.0 Å². The summed E-state index contributed by atoms with van der Waals surface area (Å²) in [6.07, 6.45) is 0.811. The SMILES string of the molecule is CCc1ccccc1OC(=O)c1cccc(NC(C)C)n1. The fourth-order valence-corrected chi connectivity index (χ4v) is 1.97. The third-order valence-electron chi connectivity index (χ3n) is 2.95. The fraction of sp³-hybridized carbons (Fsp3) is 0.294. The molecule has 0 saturated heterocycles. The smallest absolute Gasteiger partial charge is 0.362 e. The van der Waals surface area contributed by atoms with Crippen LogP contribution >= 0.6 is 0 Å². The molecule has 0 fully saturated rings. The number of nitrogens with one attached hydrogen (secondary N) is 1. The number of aryl methyl sites for hydroxylation is 1. The first-order valence-electron chi connectivity index (χ1n) is 7.13. The third-order valence-corrected chi connectivity index (χ3v) is 2.95. The molecule has 0 radical (unpaired) electrons. The summed E-state index contributed by atoms with van der Waals surface area (Å²) in [6, 6.07) is 13.1. The topological polar surface area (TPSA) is 51.2 Å². The summed E-state index contributed by atoms with van der Waals surface area (Å²) in [6.45, 7) is 6.06. The van der Waals surface area contributed by atoms with Gasteiger partial charge >= 0.3 is 5.97 Å². The summed E-state index contributed by atoms with van der Waals surface area (Å²) < 4.78 is 5.45. The van der Waals surface area contributed by atoms with Crippen molar-refractivity contribution in [2.45, 2.75) is 33.2 Å². The second-order valence-corrected chi connectivity index (χ2v) is 5.06. The molecule has 1 aromatic carbocycles. The van der Waals surface area contributed by atoms with Crippen molar-refractivity contribution in [2.75, 3.05) is 5.32 Å². The number of nitrogens with zero attached hydrogens (tertiary/aromatic N) is 1. The molecule has 0 amide bonds. The number of aromatic nitrogens is 1. The Labute approximate surface area is 125 Å². The number of hydrogen-bond donors (Lipinski definition) is 1. The number of hydrogen-bond acceptors (Lipinski definition) is 4. The van der Waals surface area contributed by atoms with Gasteiger partial charge in [0.05, 0.1) is 0 Å². The predicted molar refractivity (Wildman–Crippen MR) is 83.8 cm³/mol. The zero-order valence-electron chi connectivity index (χ0n) is 12.6. The monoisotopic (exact) mass is 284 g/mol. The van der Waals surface area contributed by atoms with Gasteiger partial charge in [-0.05, 0) is 44.0 Å². The van der Waals surface area contributed by atoms with Gasteiger partial charge in [0.2, 0.25) is 0 Å². The van der Waals surface area contributed by atoms with Crippen molar-refractivity contribution in [1.29, 1.82) is 0 Å². The van der Waals surface area contributed by atoms with E-state index >= 15 is 0 Å². The first-order chi connectivity index (χ1) is 10.1. The van der Waals surface area contributed by atoms with Crippen LogP contribution in [0.4, 0.5) is 5.82 Å². The number of ether oxygens (including phenoxy) is 1. The summed E-state index contributed by atoms with van der Waals surface area (Å²) in [4.78, 5) is 16.5. The number of anilines is 1. The molecule has 0 aliphatic rings. The Morgan fingerprint density at radius 1 is 1.19 bits per heavy atom. The Bertz CT molecular complexity index is 624. The molecule has 0 aliphatic heterocycles. The van der Waals surface area contributed by atoms with E-state index in [1.165, 1.54) is 0 Å². The summed E-state index contributed by atoms with van der Waals surface area (Å²) in [5.41, 5.74) is 1.30. The maximum absolute atomic E-state index is 12.2. The van der Waals surface area contributed by atoms with Gasteiger partial charge in [-0.3, -0.25) is 0 Å². The maximum atomic E-state index is 12.2. The average molecular weight is 284 g/mol. The Balaban J connectivity index is 2.16. The van der Waals surface area contributed by atoms with Gasteiger partial charge in [-0.1, -0.05) is 31.2 Å². The molecule has 0 saturated carbocycles. The predicted octanol–water partition coefficient (Wildman–Crippen LogP) is 3.68. The molecule has 1 aromatic heterocycles. The highest BCUT2D eigenvalue weighted by atomic mass is 16.5. The summed E-state index contributed by atoms with van der Waals surface area (Å²) in [5.74, 6) is 0.820. The molecule has 0 bridgehead atoms. The highest BCUT2D eigenvalue weighted by molar-refractivity contribution is 5.89. The highest BCUT2D eigenvalue weighted by Crippen LogP contribution is 2.19. The molecule has 1 heterocycles. The van der Waals surface area contributed by atoms with Gasteiger partial charge < -0.3 is 10.1 Å². The molecule has 0 atom stereocenters. The van der Waals surface area contributed by atoms with Crippen LogP contribution in [-0.2, 0) is 6.42 Å². The van der Waals surface area contributed by atoms with E-state index < -0.39 is 5.97 Å². The molecule has 0 spiro atoms. The van der Waals surface area contributed by atoms with Gasteiger partial charge in [-0.2, -0.15) is 0 Å². The number of carbonyl (C=O) groups is 1. The van der Waals surface area contributed by atoms with Crippen molar-refractivity contribution in [3.8, 4) is 5.75 Å². The minimum absolute atomic E-state index is 0.254. The van der Waals surface area contributed by atoms with Crippen LogP contribution < -0.4 is 10.1 Å². The minimum atomic E-state index is -0.441. The zero-order chi connectivity index (χ0) is 15.2. The van der Waals surface area contributed by atoms with Gasteiger partial charge in [0.1, 0.15) is 11.6 Å². The summed E-state index contributed by atoms with van der Waals surface area (Å²) in [7, 11) is 0. The standard InChI is InChI=1S/C17H20N2O2/c1-4-13-8-5-6-10-15(13)21-17(20)14-9-7-11-16(19-14)18-12(2)3/h5-12H,4H2,1-3H3,(H,18,19). The lowest BCUT2D eigenvalue weighted by atomic mass is 10.1. The van der Waals surface area contributed by atoms with Crippen LogP contribution in [0.15, 0.2) is 42.5 Å². The molecular weight excluding hydrogens is 264 g/mol. The lowest BCUT2D eigenvalue weighted by molar-refractivity contribution is 0.0727. The third kappa shape index (κ3) is 4.05. The van der Waals surface area contributed by atoms with Gasteiger partial charge in [0.15, 0.2) is 5.69 Å². The van der Waals surface area contributed by atoms with Crippen molar-refractivity contribution in [3.05, 3.63) is 53.7 Å². The van der Waals surface area contributed by atoms with Gasteiger partial charge in [0, 0.05) is 6.04 Å². The number of esters is 1. The average Bonchev–Trinajstić information content (AvgIpc) is 2.47. The van der Waals surface area contributed by atoms with E-state index in [1.807, 2.05) is 45.0 Å². The molecule has 2 rings (SSSR count). The lowest BCUT2D eigenvalue weighted by Crippen LogP contribution is -2.15. The van der Waals surface area contributed by atoms with Gasteiger partial charge in [-0.25, -0.2) is 9.78 Å². The molecule has 1 N–H and O–H groups in total. The molecule has 21 heavy (non-hydrogen) atoms. The Hall–Kier alpha value is -2.36. The quantitative estimate of drug-likeness (QED) is 0.672. The number of benzene rings is 1. The molecule has 0 unspecified atom stereocenters. The number of pyridine rings is 1. The van der Waals surface area contributed by atoms with Crippen molar-refractivity contribution >= 4 is 11.8 Å². The number of rotatable bonds is 5. The van der Waals surface area contributed by atoms with Crippen LogP contribution in [0.5, 0.6) is 5.75 Å². The summed E-state index contributed by atoms with van der Waals surface area (Å²) in [5, 5.41) is 3.17. The van der Waals surface area contributed by atoms with E-state index in [2.05, 4.69) is 10.3 Å². The van der Waals surface area contributed by atoms with Crippen LogP contribution in [0.2, 0.25) is 0 Å². The van der Waals surface area contributed by atoms with Crippen molar-refractivity contribution < 1.29 is 9.53 Å². The summed E-state index contributed by atoms with van der Waals surface area (Å²) >= 11 is 0. The van der Waals surface area contributed by atoms with Crippen LogP contribution in [0.1, 0.15) is 36.8 Å². The Kier molecular flexibility index (Phi) is 4.93. The van der Waals surface area contributed by atoms with E-state index in [1.54, 1.807) is 18.2 Å². The van der Waals surface area contributed by atoms with Gasteiger partial charge in [0.25, 0.3) is 0 Å². The van der Waals surface area contributed by atoms with Crippen molar-refractivity contribution in [3.63, 3.8) is 0 Å². The Morgan fingerprint density at radius 2 is 1.95 bits per heavy atom. The minimum Gasteiger partial charge on any atom is -0.422 e. The van der Waals surface area contributed by atoms with Gasteiger partial charge in [-0.15, -0.1) is 0 Å². The maximum Gasteiger partial charge on any atom is 0.362 e. The van der Waals surface area contributed by atoms with E-state index in [0.29, 0.717) is 17.3 Å². The van der Waals surface area contributed by atoms with Crippen LogP contribution in [0, 0.1) is 0 Å². The second-order valence-electron chi connectivity index (χ2n) is 5.06. The molecule has 0 aliphatic carbocycles. The lowest BCUT2D eigenvalue weighted by Gasteiger charge is -2.11. The molecule has 110 valence electrons. The molecule has 4 heteroatoms. The number of carbonyl (C=O) groups excluding carboxylic acids is 1. The van der Waals surface area contributed by atoms with Crippen LogP contribution in [0.3, 0.4) is 0 Å². The van der Waals surface area contributed by atoms with Crippen LogP contribution in [-0.4, -0.2) is 17.0 Å². The first-order valence-corrected chi connectivity index (χ1v) is 7.13. The number of para-hydroxylation sites is 1. The fourth-order valence-electron chi connectivity index (χ4n) is 1.97. The van der Waals surface area contributed by atoms with Crippen molar-refractivity contribution in [2.24, 2.45) is 0 Å².